The molecule has 0 saturated heterocycles. The summed E-state index contributed by atoms with van der Waals surface area (Å²) < 4.78 is 0. The molecule has 0 heterocycles. The van der Waals surface area contributed by atoms with Crippen molar-refractivity contribution in [3.05, 3.63) is 84.4 Å². The van der Waals surface area contributed by atoms with Crippen LogP contribution < -0.4 is 10.2 Å². The summed E-state index contributed by atoms with van der Waals surface area (Å²) in [6, 6.07) is 26.4. The van der Waals surface area contributed by atoms with Gasteiger partial charge < -0.3 is 10.2 Å². The lowest BCUT2D eigenvalue weighted by Crippen LogP contribution is -2.21. The predicted octanol–water partition coefficient (Wildman–Crippen LogP) is 5.38. The zero-order valence-corrected chi connectivity index (χ0v) is 16.0. The van der Waals surface area contributed by atoms with E-state index in [1.54, 1.807) is 0 Å². The normalized spacial score (nSPS) is 10.4. The zero-order chi connectivity index (χ0) is 19.1. The summed E-state index contributed by atoms with van der Waals surface area (Å²) in [5.74, 6) is -0.00181. The first-order chi connectivity index (χ1) is 13.2. The average Bonchev–Trinajstić information content (AvgIpc) is 2.71. The number of nitrogens with zero attached hydrogens (tertiary/aromatic N) is 1. The Morgan fingerprint density at radius 1 is 0.778 bits per heavy atom. The maximum absolute atomic E-state index is 12.3. The highest BCUT2D eigenvalue weighted by Crippen LogP contribution is 2.20. The highest BCUT2D eigenvalue weighted by atomic mass is 16.1. The summed E-state index contributed by atoms with van der Waals surface area (Å²) in [4.78, 5) is 14.6. The number of benzene rings is 3. The molecule has 3 heteroatoms. The van der Waals surface area contributed by atoms with E-state index in [0.717, 1.165) is 29.9 Å². The third kappa shape index (κ3) is 4.98. The largest absolute Gasteiger partial charge is 0.372 e. The number of amides is 1. The van der Waals surface area contributed by atoms with Crippen LogP contribution in [-0.4, -0.2) is 19.0 Å². The molecule has 3 aromatic rings. The molecule has 0 aromatic heterocycles. The van der Waals surface area contributed by atoms with Gasteiger partial charge in [0.2, 0.25) is 5.91 Å². The van der Waals surface area contributed by atoms with Crippen molar-refractivity contribution in [2.24, 2.45) is 0 Å². The van der Waals surface area contributed by atoms with Crippen LogP contribution in [0.25, 0.3) is 11.1 Å². The van der Waals surface area contributed by atoms with Crippen LogP contribution in [0.1, 0.15) is 19.4 Å². The van der Waals surface area contributed by atoms with E-state index in [4.69, 9.17) is 0 Å². The smallest absolute Gasteiger partial charge is 0.228 e. The van der Waals surface area contributed by atoms with Crippen LogP contribution in [0.3, 0.4) is 0 Å². The van der Waals surface area contributed by atoms with Crippen molar-refractivity contribution in [1.29, 1.82) is 0 Å². The standard InChI is InChI=1S/C24H26N2O/c1-3-26(4-2)23-16-14-22(15-17-23)25-24(27)18-19-10-12-21(13-11-19)20-8-6-5-7-9-20/h5-17H,3-4,18H2,1-2H3,(H,25,27). The molecule has 0 aliphatic carbocycles. The van der Waals surface area contributed by atoms with Crippen LogP contribution in [-0.2, 0) is 11.2 Å². The topological polar surface area (TPSA) is 32.3 Å². The van der Waals surface area contributed by atoms with Crippen molar-refractivity contribution in [1.82, 2.24) is 0 Å². The Balaban J connectivity index is 1.59. The molecule has 1 N–H and O–H groups in total. The van der Waals surface area contributed by atoms with E-state index in [9.17, 15) is 4.79 Å². The van der Waals surface area contributed by atoms with Crippen LogP contribution in [0.5, 0.6) is 0 Å². The molecule has 0 fully saturated rings. The van der Waals surface area contributed by atoms with Gasteiger partial charge in [-0.05, 0) is 54.8 Å². The molecule has 0 saturated carbocycles. The Kier molecular flexibility index (Phi) is 6.26. The molecular weight excluding hydrogens is 332 g/mol. The number of carbonyl (C=O) groups excluding carboxylic acids is 1. The number of hydrogen-bond acceptors (Lipinski definition) is 2. The van der Waals surface area contributed by atoms with Crippen molar-refractivity contribution in [3.63, 3.8) is 0 Å². The fraction of sp³-hybridized carbons (Fsp3) is 0.208. The lowest BCUT2D eigenvalue weighted by Gasteiger charge is -2.21. The SMILES string of the molecule is CCN(CC)c1ccc(NC(=O)Cc2ccc(-c3ccccc3)cc2)cc1. The van der Waals surface area contributed by atoms with Gasteiger partial charge in [-0.3, -0.25) is 4.79 Å². The van der Waals surface area contributed by atoms with Crippen LogP contribution >= 0.6 is 0 Å². The molecular formula is C24H26N2O. The number of nitrogens with one attached hydrogen (secondary N) is 1. The van der Waals surface area contributed by atoms with E-state index in [1.165, 1.54) is 11.3 Å². The summed E-state index contributed by atoms with van der Waals surface area (Å²) in [6.07, 6.45) is 0.368. The monoisotopic (exact) mass is 358 g/mol. The molecule has 0 aliphatic rings. The lowest BCUT2D eigenvalue weighted by atomic mass is 10.0. The first-order valence-corrected chi connectivity index (χ1v) is 9.48. The third-order valence-electron chi connectivity index (χ3n) is 4.71. The molecule has 3 nitrogen and oxygen atoms in total. The van der Waals surface area contributed by atoms with Crippen LogP contribution in [0.4, 0.5) is 11.4 Å². The van der Waals surface area contributed by atoms with E-state index < -0.39 is 0 Å². The fourth-order valence-corrected chi connectivity index (χ4v) is 3.18. The maximum atomic E-state index is 12.3. The van der Waals surface area contributed by atoms with E-state index in [1.807, 2.05) is 42.5 Å². The minimum atomic E-state index is -0.00181. The van der Waals surface area contributed by atoms with Crippen LogP contribution in [0, 0.1) is 0 Å². The average molecular weight is 358 g/mol. The van der Waals surface area contributed by atoms with E-state index in [0.29, 0.717) is 6.42 Å². The van der Waals surface area contributed by atoms with E-state index in [2.05, 4.69) is 60.5 Å². The predicted molar refractivity (Wildman–Crippen MR) is 114 cm³/mol. The molecule has 0 radical (unpaired) electrons. The summed E-state index contributed by atoms with van der Waals surface area (Å²) in [6.45, 7) is 6.23. The second kappa shape index (κ2) is 9.04. The Bertz CT molecular complexity index is 851. The second-order valence-corrected chi connectivity index (χ2v) is 6.51. The molecule has 27 heavy (non-hydrogen) atoms. The molecule has 138 valence electrons. The third-order valence-corrected chi connectivity index (χ3v) is 4.71. The van der Waals surface area contributed by atoms with Crippen molar-refractivity contribution >= 4 is 17.3 Å². The maximum Gasteiger partial charge on any atom is 0.228 e. The van der Waals surface area contributed by atoms with Gasteiger partial charge in [-0.1, -0.05) is 54.6 Å². The first-order valence-electron chi connectivity index (χ1n) is 9.48. The van der Waals surface area contributed by atoms with Gasteiger partial charge in [-0.2, -0.15) is 0 Å². The van der Waals surface area contributed by atoms with Gasteiger partial charge in [-0.15, -0.1) is 0 Å². The van der Waals surface area contributed by atoms with Crippen molar-refractivity contribution < 1.29 is 4.79 Å². The highest BCUT2D eigenvalue weighted by Gasteiger charge is 2.06. The molecule has 0 bridgehead atoms. The minimum absolute atomic E-state index is 0.00181. The second-order valence-electron chi connectivity index (χ2n) is 6.51. The molecule has 0 unspecified atom stereocenters. The first kappa shape index (κ1) is 18.7. The fourth-order valence-electron chi connectivity index (χ4n) is 3.18. The highest BCUT2D eigenvalue weighted by molar-refractivity contribution is 5.92. The summed E-state index contributed by atoms with van der Waals surface area (Å²) in [7, 11) is 0. The molecule has 0 atom stereocenters. The van der Waals surface area contributed by atoms with E-state index in [-0.39, 0.29) is 5.91 Å². The van der Waals surface area contributed by atoms with Crippen molar-refractivity contribution in [2.45, 2.75) is 20.3 Å². The molecule has 3 aromatic carbocycles. The zero-order valence-electron chi connectivity index (χ0n) is 16.0. The quantitative estimate of drug-likeness (QED) is 0.615. The molecule has 0 aliphatic heterocycles. The molecule has 3 rings (SSSR count). The van der Waals surface area contributed by atoms with Gasteiger partial charge in [0.1, 0.15) is 0 Å². The number of hydrogen-bond donors (Lipinski definition) is 1. The van der Waals surface area contributed by atoms with Gasteiger partial charge in [0.05, 0.1) is 6.42 Å². The Morgan fingerprint density at radius 3 is 1.96 bits per heavy atom. The van der Waals surface area contributed by atoms with E-state index >= 15 is 0 Å². The van der Waals surface area contributed by atoms with Crippen molar-refractivity contribution in [3.8, 4) is 11.1 Å². The van der Waals surface area contributed by atoms with Crippen molar-refractivity contribution in [2.75, 3.05) is 23.3 Å². The summed E-state index contributed by atoms with van der Waals surface area (Å²) in [5, 5.41) is 2.98. The number of carbonyl (C=O) groups is 1. The molecule has 0 spiro atoms. The summed E-state index contributed by atoms with van der Waals surface area (Å²) in [5.41, 5.74) is 5.35. The minimum Gasteiger partial charge on any atom is -0.372 e. The Labute approximate surface area is 161 Å². The number of rotatable bonds is 7. The van der Waals surface area contributed by atoms with Gasteiger partial charge in [0.25, 0.3) is 0 Å². The van der Waals surface area contributed by atoms with Crippen LogP contribution in [0.15, 0.2) is 78.9 Å². The van der Waals surface area contributed by atoms with Gasteiger partial charge in [0, 0.05) is 24.5 Å². The van der Waals surface area contributed by atoms with Gasteiger partial charge in [-0.25, -0.2) is 0 Å². The lowest BCUT2D eigenvalue weighted by molar-refractivity contribution is -0.115. The van der Waals surface area contributed by atoms with Gasteiger partial charge in [0.15, 0.2) is 0 Å². The summed E-state index contributed by atoms with van der Waals surface area (Å²) >= 11 is 0. The Hall–Kier alpha value is -3.07. The molecule has 1 amide bonds. The Morgan fingerprint density at radius 2 is 1.37 bits per heavy atom. The number of anilines is 2. The van der Waals surface area contributed by atoms with Crippen LogP contribution in [0.2, 0.25) is 0 Å². The van der Waals surface area contributed by atoms with Gasteiger partial charge >= 0.3 is 0 Å².